The first kappa shape index (κ1) is 23.1. The molecule has 1 aromatic carbocycles. The molecule has 35 heavy (non-hydrogen) atoms. The van der Waals surface area contributed by atoms with Crippen LogP contribution < -0.4 is 4.90 Å². The summed E-state index contributed by atoms with van der Waals surface area (Å²) in [7, 11) is 0. The SMILES string of the molecule is Cc1cncn1-c1ccc(-c2[nH]ncc2CN2CCN(c3ccc(C(F)(F)F)cn3)C(C)C2)cc1. The Labute approximate surface area is 201 Å². The highest BCUT2D eigenvalue weighted by Crippen LogP contribution is 2.30. The third-order valence-electron chi connectivity index (χ3n) is 6.45. The van der Waals surface area contributed by atoms with Crippen LogP contribution in [-0.4, -0.2) is 55.3 Å². The molecule has 0 aliphatic carbocycles. The second kappa shape index (κ2) is 9.18. The van der Waals surface area contributed by atoms with Crippen molar-refractivity contribution in [1.29, 1.82) is 0 Å². The van der Waals surface area contributed by atoms with Crippen molar-refractivity contribution >= 4 is 5.82 Å². The maximum Gasteiger partial charge on any atom is 0.417 e. The molecule has 0 bridgehead atoms. The van der Waals surface area contributed by atoms with Gasteiger partial charge < -0.3 is 9.47 Å². The summed E-state index contributed by atoms with van der Waals surface area (Å²) < 4.78 is 40.6. The van der Waals surface area contributed by atoms with Gasteiger partial charge in [0.1, 0.15) is 5.82 Å². The molecule has 1 N–H and O–H groups in total. The number of aromatic nitrogens is 5. The van der Waals surface area contributed by atoms with Gasteiger partial charge in [-0.1, -0.05) is 12.1 Å². The van der Waals surface area contributed by atoms with Gasteiger partial charge in [0.2, 0.25) is 0 Å². The van der Waals surface area contributed by atoms with Gasteiger partial charge in [0.15, 0.2) is 0 Å². The summed E-state index contributed by atoms with van der Waals surface area (Å²) >= 11 is 0. The molecule has 1 aliphatic rings. The molecule has 0 amide bonds. The highest BCUT2D eigenvalue weighted by atomic mass is 19.4. The number of hydrogen-bond donors (Lipinski definition) is 1. The number of nitrogens with zero attached hydrogens (tertiary/aromatic N) is 6. The number of aromatic amines is 1. The van der Waals surface area contributed by atoms with E-state index in [0.717, 1.165) is 60.1 Å². The number of aryl methyl sites for hydroxylation is 1. The summed E-state index contributed by atoms with van der Waals surface area (Å²) in [6.07, 6.45) is 2.02. The Balaban J connectivity index is 1.25. The number of halogens is 3. The predicted molar refractivity (Wildman–Crippen MR) is 127 cm³/mol. The lowest BCUT2D eigenvalue weighted by Gasteiger charge is -2.40. The van der Waals surface area contributed by atoms with Gasteiger partial charge in [0.25, 0.3) is 0 Å². The molecule has 182 valence electrons. The summed E-state index contributed by atoms with van der Waals surface area (Å²) in [5, 5.41) is 7.41. The molecule has 10 heteroatoms. The third kappa shape index (κ3) is 4.79. The second-order valence-corrected chi connectivity index (χ2v) is 8.90. The molecule has 0 spiro atoms. The molecule has 5 rings (SSSR count). The Morgan fingerprint density at radius 1 is 1.03 bits per heavy atom. The quantitative estimate of drug-likeness (QED) is 0.448. The molecule has 4 aromatic rings. The van der Waals surface area contributed by atoms with Gasteiger partial charge in [-0.05, 0) is 38.1 Å². The molecule has 0 saturated carbocycles. The Kier molecular flexibility index (Phi) is 6.06. The number of anilines is 1. The highest BCUT2D eigenvalue weighted by Gasteiger charge is 2.32. The monoisotopic (exact) mass is 481 g/mol. The fraction of sp³-hybridized carbons (Fsp3) is 0.320. The van der Waals surface area contributed by atoms with Crippen LogP contribution in [0.3, 0.4) is 0 Å². The highest BCUT2D eigenvalue weighted by molar-refractivity contribution is 5.64. The van der Waals surface area contributed by atoms with Crippen LogP contribution in [-0.2, 0) is 12.7 Å². The summed E-state index contributed by atoms with van der Waals surface area (Å²) in [6.45, 7) is 7.04. The van der Waals surface area contributed by atoms with E-state index in [-0.39, 0.29) is 6.04 Å². The topological polar surface area (TPSA) is 65.9 Å². The molecule has 0 radical (unpaired) electrons. The van der Waals surface area contributed by atoms with E-state index in [0.29, 0.717) is 12.4 Å². The molecule has 7 nitrogen and oxygen atoms in total. The maximum atomic E-state index is 12.9. The zero-order valence-corrected chi connectivity index (χ0v) is 19.5. The van der Waals surface area contributed by atoms with Crippen molar-refractivity contribution < 1.29 is 13.2 Å². The van der Waals surface area contributed by atoms with Crippen LogP contribution in [0.2, 0.25) is 0 Å². The number of pyridine rings is 1. The summed E-state index contributed by atoms with van der Waals surface area (Å²) in [5.41, 5.74) is 4.53. The zero-order chi connectivity index (χ0) is 24.6. The van der Waals surface area contributed by atoms with Crippen molar-refractivity contribution in [3.05, 3.63) is 78.1 Å². The van der Waals surface area contributed by atoms with Crippen LogP contribution in [0.15, 0.2) is 61.3 Å². The minimum Gasteiger partial charge on any atom is -0.351 e. The third-order valence-corrected chi connectivity index (χ3v) is 6.45. The average Bonchev–Trinajstić information content (AvgIpc) is 3.48. The van der Waals surface area contributed by atoms with Crippen LogP contribution >= 0.6 is 0 Å². The lowest BCUT2D eigenvalue weighted by atomic mass is 10.1. The number of imidazole rings is 1. The molecule has 3 aromatic heterocycles. The maximum absolute atomic E-state index is 12.9. The number of hydrogen-bond acceptors (Lipinski definition) is 5. The van der Waals surface area contributed by atoms with E-state index in [9.17, 15) is 13.2 Å². The second-order valence-electron chi connectivity index (χ2n) is 8.90. The minimum atomic E-state index is -4.38. The van der Waals surface area contributed by atoms with Crippen molar-refractivity contribution in [1.82, 2.24) is 29.6 Å². The first-order valence-corrected chi connectivity index (χ1v) is 11.4. The van der Waals surface area contributed by atoms with Gasteiger partial charge in [-0.2, -0.15) is 18.3 Å². The van der Waals surface area contributed by atoms with E-state index >= 15 is 0 Å². The molecule has 1 atom stereocenters. The molecule has 1 saturated heterocycles. The van der Waals surface area contributed by atoms with Crippen LogP contribution in [0.5, 0.6) is 0 Å². The first-order chi connectivity index (χ1) is 16.8. The summed E-state index contributed by atoms with van der Waals surface area (Å²) in [4.78, 5) is 12.6. The summed E-state index contributed by atoms with van der Waals surface area (Å²) in [6, 6.07) is 10.9. The molecule has 4 heterocycles. The fourth-order valence-corrected chi connectivity index (χ4v) is 4.58. The Bertz CT molecular complexity index is 1280. The molecule has 1 fully saturated rings. The lowest BCUT2D eigenvalue weighted by molar-refractivity contribution is -0.137. The number of rotatable bonds is 5. The Morgan fingerprint density at radius 3 is 2.46 bits per heavy atom. The van der Waals surface area contributed by atoms with Crippen LogP contribution in [0, 0.1) is 6.92 Å². The van der Waals surface area contributed by atoms with Gasteiger partial charge in [-0.15, -0.1) is 0 Å². The number of benzene rings is 1. The van der Waals surface area contributed by atoms with Crippen LogP contribution in [0.1, 0.15) is 23.7 Å². The number of piperazine rings is 1. The predicted octanol–water partition coefficient (Wildman–Crippen LogP) is 4.70. The van der Waals surface area contributed by atoms with E-state index in [1.807, 2.05) is 23.9 Å². The first-order valence-electron chi connectivity index (χ1n) is 11.4. The minimum absolute atomic E-state index is 0.112. The van der Waals surface area contributed by atoms with Gasteiger partial charge in [0.05, 0.1) is 23.8 Å². The van der Waals surface area contributed by atoms with Gasteiger partial charge in [-0.3, -0.25) is 10.00 Å². The van der Waals surface area contributed by atoms with Crippen molar-refractivity contribution in [3.63, 3.8) is 0 Å². The van der Waals surface area contributed by atoms with Crippen molar-refractivity contribution in [2.24, 2.45) is 0 Å². The molecular formula is C25H26F3N7. The van der Waals surface area contributed by atoms with Crippen molar-refractivity contribution in [3.8, 4) is 16.9 Å². The van der Waals surface area contributed by atoms with Crippen LogP contribution in [0.25, 0.3) is 16.9 Å². The fourth-order valence-electron chi connectivity index (χ4n) is 4.58. The van der Waals surface area contributed by atoms with E-state index in [2.05, 4.69) is 61.2 Å². The summed E-state index contributed by atoms with van der Waals surface area (Å²) in [5.74, 6) is 0.572. The van der Waals surface area contributed by atoms with Crippen LogP contribution in [0.4, 0.5) is 19.0 Å². The molecule has 1 aliphatic heterocycles. The molecule has 1 unspecified atom stereocenters. The Hall–Kier alpha value is -3.66. The Morgan fingerprint density at radius 2 is 1.83 bits per heavy atom. The molecular weight excluding hydrogens is 455 g/mol. The normalized spacial score (nSPS) is 17.2. The standard InChI is InChI=1S/C25H26F3N7/c1-17-11-29-16-35(17)22-6-3-19(4-7-22)24-20(12-31-32-24)15-33-9-10-34(18(2)14-33)23-8-5-21(13-30-23)25(26,27)28/h3-8,11-13,16,18H,9-10,14-15H2,1-2H3,(H,31,32). The lowest BCUT2D eigenvalue weighted by Crippen LogP contribution is -2.51. The number of nitrogens with one attached hydrogen (secondary N) is 1. The largest absolute Gasteiger partial charge is 0.417 e. The van der Waals surface area contributed by atoms with Gasteiger partial charge in [0, 0.05) is 67.1 Å². The average molecular weight is 482 g/mol. The van der Waals surface area contributed by atoms with E-state index in [4.69, 9.17) is 0 Å². The number of H-pyrrole nitrogens is 1. The smallest absolute Gasteiger partial charge is 0.351 e. The van der Waals surface area contributed by atoms with E-state index in [1.165, 1.54) is 6.07 Å². The van der Waals surface area contributed by atoms with E-state index in [1.54, 1.807) is 6.33 Å². The van der Waals surface area contributed by atoms with Crippen molar-refractivity contribution in [2.75, 3.05) is 24.5 Å². The number of alkyl halides is 3. The van der Waals surface area contributed by atoms with Gasteiger partial charge >= 0.3 is 6.18 Å². The van der Waals surface area contributed by atoms with Gasteiger partial charge in [-0.25, -0.2) is 9.97 Å². The zero-order valence-electron chi connectivity index (χ0n) is 19.5. The van der Waals surface area contributed by atoms with Crippen molar-refractivity contribution in [2.45, 2.75) is 32.6 Å². The van der Waals surface area contributed by atoms with E-state index < -0.39 is 11.7 Å².